The fourth-order valence-corrected chi connectivity index (χ4v) is 0.987. The van der Waals surface area contributed by atoms with Crippen LogP contribution in [0.5, 0.6) is 0 Å². The van der Waals surface area contributed by atoms with Crippen molar-refractivity contribution < 1.29 is 0 Å². The first-order chi connectivity index (χ1) is 5.26. The zero-order chi connectivity index (χ0) is 8.69. The lowest BCUT2D eigenvalue weighted by molar-refractivity contribution is 0.891. The van der Waals surface area contributed by atoms with E-state index in [4.69, 9.17) is 0 Å². The van der Waals surface area contributed by atoms with Crippen LogP contribution in [-0.4, -0.2) is 0 Å². The molecule has 0 bridgehead atoms. The highest BCUT2D eigenvalue weighted by Crippen LogP contribution is 2.15. The molecule has 0 heteroatoms. The van der Waals surface area contributed by atoms with Gasteiger partial charge in [-0.25, -0.2) is 0 Å². The summed E-state index contributed by atoms with van der Waals surface area (Å²) in [6, 6.07) is 0. The van der Waals surface area contributed by atoms with Gasteiger partial charge in [0, 0.05) is 5.92 Å². The summed E-state index contributed by atoms with van der Waals surface area (Å²) < 4.78 is 0. The smallest absolute Gasteiger partial charge is 0.0154 e. The second-order valence-corrected chi connectivity index (χ2v) is 2.59. The molecule has 0 aliphatic carbocycles. The van der Waals surface area contributed by atoms with Gasteiger partial charge in [0.15, 0.2) is 0 Å². The van der Waals surface area contributed by atoms with Crippen molar-refractivity contribution in [2.24, 2.45) is 5.92 Å². The lowest BCUT2D eigenvalue weighted by atomic mass is 9.97. The van der Waals surface area contributed by atoms with Gasteiger partial charge in [-0.1, -0.05) is 43.4 Å². The summed E-state index contributed by atoms with van der Waals surface area (Å²) in [5, 5.41) is 0. The Kier molecular flexibility index (Phi) is 5.54. The molecule has 0 aromatic rings. The van der Waals surface area contributed by atoms with E-state index >= 15 is 0 Å². The van der Waals surface area contributed by atoms with Crippen LogP contribution in [0, 0.1) is 5.92 Å². The van der Waals surface area contributed by atoms with E-state index < -0.39 is 0 Å². The summed E-state index contributed by atoms with van der Waals surface area (Å²) in [5.74, 6) is 0.440. The minimum atomic E-state index is 0.440. The van der Waals surface area contributed by atoms with Crippen LogP contribution in [0.2, 0.25) is 0 Å². The van der Waals surface area contributed by atoms with E-state index in [-0.39, 0.29) is 0 Å². The molecule has 0 nitrogen and oxygen atoms in total. The highest BCUT2D eigenvalue weighted by molar-refractivity contribution is 5.16. The highest BCUT2D eigenvalue weighted by atomic mass is 14.1. The van der Waals surface area contributed by atoms with Crippen LogP contribution in [0.4, 0.5) is 0 Å². The third-order valence-corrected chi connectivity index (χ3v) is 1.73. The normalized spacial score (nSPS) is 14.5. The summed E-state index contributed by atoms with van der Waals surface area (Å²) in [6.07, 6.45) is 9.55. The molecule has 0 saturated carbocycles. The fourth-order valence-electron chi connectivity index (χ4n) is 0.987. The van der Waals surface area contributed by atoms with E-state index in [1.54, 1.807) is 0 Å². The summed E-state index contributed by atoms with van der Waals surface area (Å²) in [7, 11) is 0. The van der Waals surface area contributed by atoms with Crippen molar-refractivity contribution in [2.45, 2.75) is 27.2 Å². The summed E-state index contributed by atoms with van der Waals surface area (Å²) in [4.78, 5) is 0. The second kappa shape index (κ2) is 5.96. The Morgan fingerprint density at radius 3 is 2.00 bits per heavy atom. The fraction of sp³-hybridized carbons (Fsp3) is 0.455. The van der Waals surface area contributed by atoms with Crippen LogP contribution in [0.3, 0.4) is 0 Å². The molecular weight excluding hydrogens is 132 g/mol. The molecule has 0 amide bonds. The molecule has 62 valence electrons. The van der Waals surface area contributed by atoms with Crippen LogP contribution < -0.4 is 0 Å². The number of hydrogen-bond donors (Lipinski definition) is 0. The van der Waals surface area contributed by atoms with Gasteiger partial charge >= 0.3 is 0 Å². The molecule has 0 N–H and O–H groups in total. The maximum absolute atomic E-state index is 4.01. The Labute approximate surface area is 70.3 Å². The largest absolute Gasteiger partial charge is 0.0990 e. The molecule has 0 fully saturated rings. The van der Waals surface area contributed by atoms with E-state index in [1.807, 2.05) is 13.8 Å². The second-order valence-electron chi connectivity index (χ2n) is 2.59. The summed E-state index contributed by atoms with van der Waals surface area (Å²) >= 11 is 0. The average molecular weight is 150 g/mol. The van der Waals surface area contributed by atoms with Gasteiger partial charge in [-0.3, -0.25) is 0 Å². The van der Waals surface area contributed by atoms with Crippen molar-refractivity contribution in [3.8, 4) is 0 Å². The van der Waals surface area contributed by atoms with Crippen LogP contribution >= 0.6 is 0 Å². The molecule has 0 unspecified atom stereocenters. The van der Waals surface area contributed by atoms with Crippen molar-refractivity contribution in [3.05, 3.63) is 36.5 Å². The Hall–Kier alpha value is -0.780. The first-order valence-electron chi connectivity index (χ1n) is 4.19. The molecule has 0 aliphatic rings. The van der Waals surface area contributed by atoms with Crippen LogP contribution in [0.25, 0.3) is 0 Å². The first-order valence-corrected chi connectivity index (χ1v) is 4.19. The molecule has 0 aromatic heterocycles. The average Bonchev–Trinajstić information content (AvgIpc) is 2.03. The Morgan fingerprint density at radius 2 is 1.73 bits per heavy atom. The third kappa shape index (κ3) is 3.82. The highest BCUT2D eigenvalue weighted by Gasteiger charge is 2.00. The standard InChI is InChI=1S/C11H18/c1-5-8-11(9-6-2)10(4)7-3/h5-6,8-9,11H,4,7H2,1-3H3. The van der Waals surface area contributed by atoms with Crippen molar-refractivity contribution in [1.29, 1.82) is 0 Å². The lowest BCUT2D eigenvalue weighted by Crippen LogP contribution is -1.94. The van der Waals surface area contributed by atoms with Gasteiger partial charge in [0.25, 0.3) is 0 Å². The van der Waals surface area contributed by atoms with Crippen molar-refractivity contribution in [1.82, 2.24) is 0 Å². The van der Waals surface area contributed by atoms with E-state index in [9.17, 15) is 0 Å². The van der Waals surface area contributed by atoms with E-state index in [2.05, 4.69) is 37.8 Å². The minimum Gasteiger partial charge on any atom is -0.0990 e. The monoisotopic (exact) mass is 150 g/mol. The molecule has 0 saturated heterocycles. The number of allylic oxidation sites excluding steroid dienone is 5. The number of hydrogen-bond acceptors (Lipinski definition) is 0. The Morgan fingerprint density at radius 1 is 1.27 bits per heavy atom. The molecule has 0 aromatic carbocycles. The van der Waals surface area contributed by atoms with Crippen LogP contribution in [-0.2, 0) is 0 Å². The zero-order valence-electron chi connectivity index (χ0n) is 7.80. The van der Waals surface area contributed by atoms with Gasteiger partial charge in [-0.15, -0.1) is 0 Å². The van der Waals surface area contributed by atoms with Gasteiger partial charge in [0.2, 0.25) is 0 Å². The van der Waals surface area contributed by atoms with Crippen LogP contribution in [0.15, 0.2) is 36.5 Å². The zero-order valence-corrected chi connectivity index (χ0v) is 7.80. The lowest BCUT2D eigenvalue weighted by Gasteiger charge is -2.08. The van der Waals surface area contributed by atoms with Crippen molar-refractivity contribution >= 4 is 0 Å². The van der Waals surface area contributed by atoms with Gasteiger partial charge in [0.1, 0.15) is 0 Å². The molecule has 11 heavy (non-hydrogen) atoms. The molecule has 0 spiro atoms. The molecule has 0 aliphatic heterocycles. The van der Waals surface area contributed by atoms with Gasteiger partial charge in [0.05, 0.1) is 0 Å². The minimum absolute atomic E-state index is 0.440. The Balaban J connectivity index is 4.20. The SMILES string of the molecule is C=C(CC)C(C=CC)C=CC. The van der Waals surface area contributed by atoms with Crippen molar-refractivity contribution in [3.63, 3.8) is 0 Å². The molecule has 0 heterocycles. The van der Waals surface area contributed by atoms with Crippen LogP contribution in [0.1, 0.15) is 27.2 Å². The molecule has 0 radical (unpaired) electrons. The Bertz CT molecular complexity index is 149. The predicted octanol–water partition coefficient (Wildman–Crippen LogP) is 3.72. The summed E-state index contributed by atoms with van der Waals surface area (Å²) in [6.45, 7) is 10.2. The molecule has 0 atom stereocenters. The van der Waals surface area contributed by atoms with E-state index in [0.29, 0.717) is 5.92 Å². The van der Waals surface area contributed by atoms with Gasteiger partial charge in [-0.2, -0.15) is 0 Å². The topological polar surface area (TPSA) is 0 Å². The quantitative estimate of drug-likeness (QED) is 0.536. The maximum Gasteiger partial charge on any atom is 0.0154 e. The summed E-state index contributed by atoms with van der Waals surface area (Å²) in [5.41, 5.74) is 1.28. The molecular formula is C11H18. The van der Waals surface area contributed by atoms with E-state index in [1.165, 1.54) is 5.57 Å². The van der Waals surface area contributed by atoms with Gasteiger partial charge in [-0.05, 0) is 20.3 Å². The predicted molar refractivity (Wildman–Crippen MR) is 52.5 cm³/mol. The maximum atomic E-state index is 4.01. The molecule has 0 rings (SSSR count). The van der Waals surface area contributed by atoms with E-state index in [0.717, 1.165) is 6.42 Å². The first kappa shape index (κ1) is 10.2. The number of rotatable bonds is 4. The van der Waals surface area contributed by atoms with Gasteiger partial charge < -0.3 is 0 Å². The van der Waals surface area contributed by atoms with Crippen molar-refractivity contribution in [2.75, 3.05) is 0 Å². The third-order valence-electron chi connectivity index (χ3n) is 1.73.